The second-order valence-electron chi connectivity index (χ2n) is 6.83. The van der Waals surface area contributed by atoms with Crippen molar-refractivity contribution >= 4 is 0 Å². The summed E-state index contributed by atoms with van der Waals surface area (Å²) in [6, 6.07) is 17.1. The van der Waals surface area contributed by atoms with E-state index in [9.17, 15) is 0 Å². The molecule has 2 aromatic carbocycles. The summed E-state index contributed by atoms with van der Waals surface area (Å²) in [4.78, 5) is 2.36. The molecule has 0 spiro atoms. The third-order valence-corrected chi connectivity index (χ3v) is 5.00. The number of H-pyrrole nitrogens is 1. The molecule has 2 N–H and O–H groups in total. The molecule has 0 aliphatic carbocycles. The first-order chi connectivity index (χ1) is 12.7. The highest BCUT2D eigenvalue weighted by Gasteiger charge is 2.22. The molecular formula is C21H24N4O. The van der Waals surface area contributed by atoms with E-state index in [1.54, 1.807) is 7.11 Å². The van der Waals surface area contributed by atoms with Gasteiger partial charge in [-0.1, -0.05) is 24.3 Å². The van der Waals surface area contributed by atoms with Gasteiger partial charge in [0.2, 0.25) is 0 Å². The Morgan fingerprint density at radius 1 is 1.19 bits per heavy atom. The minimum absolute atomic E-state index is 0.323. The molecule has 1 aliphatic heterocycles. The number of aromatic amines is 1. The summed E-state index contributed by atoms with van der Waals surface area (Å²) in [5.74, 6) is 0.856. The molecule has 0 bridgehead atoms. The van der Waals surface area contributed by atoms with Gasteiger partial charge in [0.1, 0.15) is 5.75 Å². The number of nitrogens with one attached hydrogen (secondary N) is 2. The van der Waals surface area contributed by atoms with Gasteiger partial charge in [0.05, 0.1) is 19.0 Å². The molecule has 2 heterocycles. The van der Waals surface area contributed by atoms with Gasteiger partial charge in [0, 0.05) is 36.8 Å². The van der Waals surface area contributed by atoms with E-state index in [1.165, 1.54) is 16.7 Å². The number of benzene rings is 2. The minimum Gasteiger partial charge on any atom is -0.497 e. The van der Waals surface area contributed by atoms with Crippen LogP contribution in [0.4, 0.5) is 0 Å². The highest BCUT2D eigenvalue weighted by Crippen LogP contribution is 2.27. The first kappa shape index (κ1) is 16.8. The van der Waals surface area contributed by atoms with E-state index < -0.39 is 0 Å². The summed E-state index contributed by atoms with van der Waals surface area (Å²) in [6.07, 6.45) is 1.91. The summed E-state index contributed by atoms with van der Waals surface area (Å²) in [6.45, 7) is 2.79. The van der Waals surface area contributed by atoms with Crippen LogP contribution >= 0.6 is 0 Å². The van der Waals surface area contributed by atoms with Crippen LogP contribution in [0.2, 0.25) is 0 Å². The average molecular weight is 348 g/mol. The van der Waals surface area contributed by atoms with E-state index in [2.05, 4.69) is 63.9 Å². The largest absolute Gasteiger partial charge is 0.497 e. The maximum Gasteiger partial charge on any atom is 0.118 e. The molecule has 1 unspecified atom stereocenters. The Balaban J connectivity index is 1.52. The highest BCUT2D eigenvalue weighted by atomic mass is 16.5. The molecule has 0 saturated heterocycles. The summed E-state index contributed by atoms with van der Waals surface area (Å²) in [5, 5.41) is 11.1. The van der Waals surface area contributed by atoms with Gasteiger partial charge in [-0.15, -0.1) is 0 Å². The van der Waals surface area contributed by atoms with Crippen LogP contribution in [0.25, 0.3) is 11.3 Å². The number of nitrogens with zero attached hydrogens (tertiary/aromatic N) is 2. The Bertz CT molecular complexity index is 872. The van der Waals surface area contributed by atoms with E-state index in [0.29, 0.717) is 6.04 Å². The molecule has 134 valence electrons. The molecule has 3 aromatic rings. The summed E-state index contributed by atoms with van der Waals surface area (Å²) < 4.78 is 5.24. The molecule has 0 fully saturated rings. The number of aromatic nitrogens is 2. The van der Waals surface area contributed by atoms with Crippen molar-refractivity contribution in [3.8, 4) is 17.0 Å². The molecule has 1 aromatic heterocycles. The Kier molecular flexibility index (Phi) is 4.73. The maximum absolute atomic E-state index is 5.24. The van der Waals surface area contributed by atoms with Crippen LogP contribution in [0, 0.1) is 0 Å². The predicted octanol–water partition coefficient (Wildman–Crippen LogP) is 3.36. The van der Waals surface area contributed by atoms with Crippen molar-refractivity contribution in [1.82, 2.24) is 20.4 Å². The quantitative estimate of drug-likeness (QED) is 0.742. The van der Waals surface area contributed by atoms with Crippen LogP contribution < -0.4 is 10.1 Å². The van der Waals surface area contributed by atoms with E-state index in [1.807, 2.05) is 18.3 Å². The Morgan fingerprint density at radius 3 is 2.81 bits per heavy atom. The van der Waals surface area contributed by atoms with E-state index >= 15 is 0 Å². The molecule has 0 amide bonds. The normalized spacial score (nSPS) is 17.1. The van der Waals surface area contributed by atoms with Gasteiger partial charge in [-0.2, -0.15) is 5.10 Å². The van der Waals surface area contributed by atoms with Crippen molar-refractivity contribution in [2.45, 2.75) is 19.1 Å². The molecule has 26 heavy (non-hydrogen) atoms. The van der Waals surface area contributed by atoms with Crippen LogP contribution in [0.15, 0.2) is 54.7 Å². The van der Waals surface area contributed by atoms with Crippen LogP contribution in [-0.2, 0) is 13.1 Å². The fourth-order valence-electron chi connectivity index (χ4n) is 3.64. The monoisotopic (exact) mass is 348 g/mol. The zero-order valence-corrected chi connectivity index (χ0v) is 15.2. The van der Waals surface area contributed by atoms with Crippen molar-refractivity contribution in [3.05, 3.63) is 71.4 Å². The van der Waals surface area contributed by atoms with Gasteiger partial charge in [0.15, 0.2) is 0 Å². The fraction of sp³-hybridized carbons (Fsp3) is 0.286. The molecule has 4 rings (SSSR count). The number of ether oxygens (including phenoxy) is 1. The average Bonchev–Trinajstić information content (AvgIpc) is 3.14. The van der Waals surface area contributed by atoms with E-state index in [4.69, 9.17) is 4.74 Å². The Labute approximate surface area is 154 Å². The molecular weight excluding hydrogens is 324 g/mol. The molecule has 0 saturated carbocycles. The van der Waals surface area contributed by atoms with Gasteiger partial charge < -0.3 is 15.0 Å². The standard InChI is InChI=1S/C21H24N4O/c1-25-13-16-5-3-4-6-19(16)20(14-25)22-11-17-12-23-24-21(17)15-7-9-18(26-2)10-8-15/h3-10,12,20,22H,11,13-14H2,1-2H3,(H,23,24). The number of likely N-dealkylation sites (N-methyl/N-ethyl adjacent to an activating group) is 1. The van der Waals surface area contributed by atoms with Crippen LogP contribution in [0.1, 0.15) is 22.7 Å². The number of hydrogen-bond donors (Lipinski definition) is 2. The third kappa shape index (κ3) is 3.36. The second kappa shape index (κ2) is 7.32. The summed E-state index contributed by atoms with van der Waals surface area (Å²) in [7, 11) is 3.85. The van der Waals surface area contributed by atoms with Crippen LogP contribution in [0.3, 0.4) is 0 Å². The van der Waals surface area contributed by atoms with Crippen molar-refractivity contribution < 1.29 is 4.74 Å². The Morgan fingerprint density at radius 2 is 2.00 bits per heavy atom. The topological polar surface area (TPSA) is 53.2 Å². The van der Waals surface area contributed by atoms with E-state index in [-0.39, 0.29) is 0 Å². The lowest BCUT2D eigenvalue weighted by Crippen LogP contribution is -2.37. The minimum atomic E-state index is 0.323. The number of methoxy groups -OCH3 is 1. The van der Waals surface area contributed by atoms with Crippen LogP contribution in [-0.4, -0.2) is 35.8 Å². The zero-order valence-electron chi connectivity index (χ0n) is 15.2. The zero-order chi connectivity index (χ0) is 17.9. The number of fused-ring (bicyclic) bond motifs is 1. The highest BCUT2D eigenvalue weighted by molar-refractivity contribution is 5.63. The number of hydrogen-bond acceptors (Lipinski definition) is 4. The van der Waals surface area contributed by atoms with E-state index in [0.717, 1.165) is 36.6 Å². The fourth-order valence-corrected chi connectivity index (χ4v) is 3.64. The van der Waals surface area contributed by atoms with Gasteiger partial charge >= 0.3 is 0 Å². The third-order valence-electron chi connectivity index (χ3n) is 5.00. The molecule has 1 aliphatic rings. The summed E-state index contributed by atoms with van der Waals surface area (Å²) >= 11 is 0. The lowest BCUT2D eigenvalue weighted by atomic mass is 9.95. The van der Waals surface area contributed by atoms with Gasteiger partial charge in [0.25, 0.3) is 0 Å². The maximum atomic E-state index is 5.24. The second-order valence-corrected chi connectivity index (χ2v) is 6.83. The molecule has 5 heteroatoms. The number of rotatable bonds is 5. The van der Waals surface area contributed by atoms with Crippen molar-refractivity contribution in [2.75, 3.05) is 20.7 Å². The van der Waals surface area contributed by atoms with Gasteiger partial charge in [-0.05, 0) is 42.4 Å². The van der Waals surface area contributed by atoms with Gasteiger partial charge in [-0.3, -0.25) is 5.10 Å². The van der Waals surface area contributed by atoms with Crippen molar-refractivity contribution in [1.29, 1.82) is 0 Å². The molecule has 0 radical (unpaired) electrons. The van der Waals surface area contributed by atoms with Crippen LogP contribution in [0.5, 0.6) is 5.75 Å². The first-order valence-electron chi connectivity index (χ1n) is 8.91. The Hall–Kier alpha value is -2.63. The van der Waals surface area contributed by atoms with Gasteiger partial charge in [-0.25, -0.2) is 0 Å². The lowest BCUT2D eigenvalue weighted by Gasteiger charge is -2.32. The molecule has 1 atom stereocenters. The SMILES string of the molecule is COc1ccc(-c2[nH]ncc2CNC2CN(C)Cc3ccccc32)cc1. The smallest absolute Gasteiger partial charge is 0.118 e. The van der Waals surface area contributed by atoms with Crippen molar-refractivity contribution in [3.63, 3.8) is 0 Å². The predicted molar refractivity (Wildman–Crippen MR) is 103 cm³/mol. The first-order valence-corrected chi connectivity index (χ1v) is 8.91. The lowest BCUT2D eigenvalue weighted by molar-refractivity contribution is 0.259. The van der Waals surface area contributed by atoms with Crippen molar-refractivity contribution in [2.24, 2.45) is 0 Å². The molecule has 5 nitrogen and oxygen atoms in total. The summed E-state index contributed by atoms with van der Waals surface area (Å²) in [5.41, 5.74) is 6.14.